The van der Waals surface area contributed by atoms with Gasteiger partial charge in [0.15, 0.2) is 0 Å². The normalized spacial score (nSPS) is 12.0. The number of anilines is 1. The Kier molecular flexibility index (Phi) is 12.0. The van der Waals surface area contributed by atoms with Crippen LogP contribution in [0.5, 0.6) is 0 Å². The number of amides is 2. The minimum absolute atomic E-state index is 0.0624. The summed E-state index contributed by atoms with van der Waals surface area (Å²) in [4.78, 5) is 28.9. The van der Waals surface area contributed by atoms with Gasteiger partial charge >= 0.3 is 0 Å². The highest BCUT2D eigenvalue weighted by Crippen LogP contribution is 2.23. The van der Waals surface area contributed by atoms with Gasteiger partial charge in [-0.15, -0.1) is 0 Å². The van der Waals surface area contributed by atoms with Crippen LogP contribution in [-0.2, 0) is 32.6 Å². The lowest BCUT2D eigenvalue weighted by atomic mass is 10.0. The molecule has 0 aliphatic carbocycles. The minimum Gasteiger partial charge on any atom is -0.354 e. The Bertz CT molecular complexity index is 1390. The van der Waals surface area contributed by atoms with E-state index < -0.39 is 16.1 Å². The number of benzene rings is 3. The monoisotopic (exact) mass is 647 g/mol. The Morgan fingerprint density at radius 3 is 2.33 bits per heavy atom. The lowest BCUT2D eigenvalue weighted by Crippen LogP contribution is -2.50. The van der Waals surface area contributed by atoms with Crippen molar-refractivity contribution in [1.82, 2.24) is 10.2 Å². The van der Waals surface area contributed by atoms with E-state index in [1.54, 1.807) is 29.2 Å². The predicted molar refractivity (Wildman–Crippen MR) is 165 cm³/mol. The van der Waals surface area contributed by atoms with Crippen LogP contribution in [0.25, 0.3) is 0 Å². The van der Waals surface area contributed by atoms with Crippen LogP contribution in [0.3, 0.4) is 0 Å². The summed E-state index contributed by atoms with van der Waals surface area (Å²) in [6, 6.07) is 23.1. The summed E-state index contributed by atoms with van der Waals surface area (Å²) in [5.74, 6) is -0.446. The predicted octanol–water partition coefficient (Wildman–Crippen LogP) is 5.82. The zero-order chi connectivity index (χ0) is 29.1. The fraction of sp³-hybridized carbons (Fsp3) is 0.333. The molecule has 1 unspecified atom stereocenters. The Balaban J connectivity index is 1.87. The number of nitrogens with one attached hydrogen (secondary N) is 1. The summed E-state index contributed by atoms with van der Waals surface area (Å²) in [5, 5.41) is 3.38. The van der Waals surface area contributed by atoms with Crippen molar-refractivity contribution >= 4 is 55.1 Å². The van der Waals surface area contributed by atoms with Crippen molar-refractivity contribution in [2.24, 2.45) is 0 Å². The van der Waals surface area contributed by atoms with Gasteiger partial charge in [-0.1, -0.05) is 83.0 Å². The zero-order valence-electron chi connectivity index (χ0n) is 22.7. The first-order valence-electron chi connectivity index (χ1n) is 13.2. The molecule has 3 aromatic carbocycles. The van der Waals surface area contributed by atoms with E-state index in [4.69, 9.17) is 11.6 Å². The summed E-state index contributed by atoms with van der Waals surface area (Å²) in [7, 11) is -3.61. The maximum atomic E-state index is 13.8. The summed E-state index contributed by atoms with van der Waals surface area (Å²) in [5.41, 5.74) is 2.26. The molecule has 214 valence electrons. The molecule has 0 fully saturated rings. The van der Waals surface area contributed by atoms with Crippen molar-refractivity contribution in [1.29, 1.82) is 0 Å². The molecule has 0 saturated carbocycles. The highest BCUT2D eigenvalue weighted by Gasteiger charge is 2.30. The summed E-state index contributed by atoms with van der Waals surface area (Å²) >= 11 is 9.59. The fourth-order valence-electron chi connectivity index (χ4n) is 4.39. The van der Waals surface area contributed by atoms with E-state index in [0.717, 1.165) is 28.3 Å². The molecule has 3 aromatic rings. The quantitative estimate of drug-likeness (QED) is 0.239. The van der Waals surface area contributed by atoms with Crippen molar-refractivity contribution in [2.75, 3.05) is 23.7 Å². The third-order valence-electron chi connectivity index (χ3n) is 6.31. The summed E-state index contributed by atoms with van der Waals surface area (Å²) < 4.78 is 27.2. The van der Waals surface area contributed by atoms with Crippen LogP contribution in [0, 0.1) is 0 Å². The topological polar surface area (TPSA) is 86.8 Å². The van der Waals surface area contributed by atoms with Crippen LogP contribution in [0.2, 0.25) is 5.02 Å². The first-order valence-corrected chi connectivity index (χ1v) is 16.2. The molecule has 1 N–H and O–H groups in total. The number of sulfonamides is 1. The third-order valence-corrected chi connectivity index (χ3v) is 8.23. The molecule has 1 atom stereocenters. The Morgan fingerprint density at radius 2 is 1.68 bits per heavy atom. The second-order valence-electron chi connectivity index (χ2n) is 9.57. The van der Waals surface area contributed by atoms with Crippen LogP contribution >= 0.6 is 27.5 Å². The van der Waals surface area contributed by atoms with Crippen LogP contribution < -0.4 is 9.62 Å². The molecule has 0 aromatic heterocycles. The van der Waals surface area contributed by atoms with E-state index in [0.29, 0.717) is 23.7 Å². The molecule has 0 radical (unpaired) electrons. The van der Waals surface area contributed by atoms with Crippen molar-refractivity contribution in [2.45, 2.75) is 45.2 Å². The van der Waals surface area contributed by atoms with Gasteiger partial charge in [0.05, 0.1) is 11.9 Å². The molecular weight excluding hydrogens is 614 g/mol. The number of rotatable bonds is 14. The molecule has 3 rings (SSSR count). The Labute approximate surface area is 250 Å². The van der Waals surface area contributed by atoms with Gasteiger partial charge < -0.3 is 10.2 Å². The number of nitrogens with zero attached hydrogens (tertiary/aromatic N) is 2. The van der Waals surface area contributed by atoms with E-state index >= 15 is 0 Å². The van der Waals surface area contributed by atoms with Crippen LogP contribution in [0.1, 0.15) is 37.3 Å². The molecule has 0 bridgehead atoms. The maximum absolute atomic E-state index is 13.8. The van der Waals surface area contributed by atoms with Crippen LogP contribution in [0.4, 0.5) is 5.69 Å². The van der Waals surface area contributed by atoms with Gasteiger partial charge in [0.1, 0.15) is 6.04 Å². The number of carbonyl (C=O) groups excluding carboxylic acids is 2. The minimum atomic E-state index is -3.61. The highest BCUT2D eigenvalue weighted by molar-refractivity contribution is 9.10. The second-order valence-corrected chi connectivity index (χ2v) is 12.8. The molecule has 0 aliphatic heterocycles. The van der Waals surface area contributed by atoms with Gasteiger partial charge in [-0.3, -0.25) is 13.9 Å². The number of hydrogen-bond acceptors (Lipinski definition) is 4. The lowest BCUT2D eigenvalue weighted by Gasteiger charge is -2.32. The molecule has 0 saturated heterocycles. The summed E-state index contributed by atoms with van der Waals surface area (Å²) in [6.45, 7) is 2.82. The Hall–Kier alpha value is -2.88. The van der Waals surface area contributed by atoms with Crippen molar-refractivity contribution in [3.63, 3.8) is 0 Å². The molecule has 0 aliphatic rings. The smallest absolute Gasteiger partial charge is 0.243 e. The lowest BCUT2D eigenvalue weighted by molar-refractivity contribution is -0.141. The number of halogens is 2. The van der Waals surface area contributed by atoms with Crippen molar-refractivity contribution < 1.29 is 18.0 Å². The maximum Gasteiger partial charge on any atom is 0.243 e. The molecule has 0 spiro atoms. The molecule has 2 amide bonds. The largest absolute Gasteiger partial charge is 0.354 e. The zero-order valence-corrected chi connectivity index (χ0v) is 25.9. The van der Waals surface area contributed by atoms with Gasteiger partial charge in [0.2, 0.25) is 21.8 Å². The van der Waals surface area contributed by atoms with Crippen molar-refractivity contribution in [3.8, 4) is 0 Å². The number of carbonyl (C=O) groups is 2. The van der Waals surface area contributed by atoms with Crippen LogP contribution in [-0.4, -0.2) is 50.5 Å². The molecule has 7 nitrogen and oxygen atoms in total. The first-order chi connectivity index (χ1) is 19.1. The van der Waals surface area contributed by atoms with Crippen molar-refractivity contribution in [3.05, 3.63) is 99.5 Å². The SMILES string of the molecule is CCCNC(=O)C(Cc1ccccc1)N(Cc1cccc(Br)c1)C(=O)CCCN(c1cccc(Cl)c1)S(C)(=O)=O. The van der Waals surface area contributed by atoms with Gasteiger partial charge in [0.25, 0.3) is 0 Å². The Morgan fingerprint density at radius 1 is 0.975 bits per heavy atom. The van der Waals surface area contributed by atoms with E-state index in [1.807, 2.05) is 61.5 Å². The average Bonchev–Trinajstić information content (AvgIpc) is 2.91. The van der Waals surface area contributed by atoms with E-state index in [-0.39, 0.29) is 37.7 Å². The second kappa shape index (κ2) is 15.2. The number of hydrogen-bond donors (Lipinski definition) is 1. The van der Waals surface area contributed by atoms with Gasteiger partial charge in [0, 0.05) is 42.0 Å². The molecule has 10 heteroatoms. The van der Waals surface area contributed by atoms with E-state index in [2.05, 4.69) is 21.2 Å². The van der Waals surface area contributed by atoms with Gasteiger partial charge in [-0.2, -0.15) is 0 Å². The van der Waals surface area contributed by atoms with Gasteiger partial charge in [-0.25, -0.2) is 8.42 Å². The van der Waals surface area contributed by atoms with E-state index in [9.17, 15) is 18.0 Å². The standard InChI is InChI=1S/C30H35BrClN3O4S/c1-3-17-33-30(37)28(20-23-10-5-4-6-11-23)34(22-24-12-7-13-25(31)19-24)29(36)16-9-18-35(40(2,38)39)27-15-8-14-26(32)21-27/h4-8,10-15,19,21,28H,3,9,16-18,20,22H2,1-2H3,(H,33,37). The average molecular weight is 649 g/mol. The van der Waals surface area contributed by atoms with Gasteiger partial charge in [-0.05, 0) is 54.3 Å². The summed E-state index contributed by atoms with van der Waals surface area (Å²) in [6.07, 6.45) is 2.58. The fourth-order valence-corrected chi connectivity index (χ4v) is 5.98. The molecular formula is C30H35BrClN3O4S. The molecule has 0 heterocycles. The van der Waals surface area contributed by atoms with E-state index in [1.165, 1.54) is 4.31 Å². The molecule has 40 heavy (non-hydrogen) atoms. The van der Waals surface area contributed by atoms with Crippen LogP contribution in [0.15, 0.2) is 83.3 Å². The third kappa shape index (κ3) is 9.64. The highest BCUT2D eigenvalue weighted by atomic mass is 79.9. The first kappa shape index (κ1) is 31.6.